The van der Waals surface area contributed by atoms with Gasteiger partial charge in [-0.05, 0) is 44.0 Å². The molecule has 3 rings (SSSR count). The van der Waals surface area contributed by atoms with Crippen molar-refractivity contribution >= 4 is 23.4 Å². The van der Waals surface area contributed by atoms with Crippen LogP contribution in [0.25, 0.3) is 0 Å². The molecule has 0 atom stereocenters. The lowest BCUT2D eigenvalue weighted by Crippen LogP contribution is -2.38. The molecule has 1 amide bonds. The molecule has 1 aromatic heterocycles. The molecule has 7 nitrogen and oxygen atoms in total. The van der Waals surface area contributed by atoms with E-state index in [1.807, 2.05) is 19.1 Å². The van der Waals surface area contributed by atoms with Crippen molar-refractivity contribution in [3.63, 3.8) is 0 Å². The molecule has 1 aromatic carbocycles. The molecular weight excluding hydrogens is 332 g/mol. The molecule has 1 aliphatic heterocycles. The quantitative estimate of drug-likeness (QED) is 0.849. The third-order valence-corrected chi connectivity index (χ3v) is 4.56. The van der Waals surface area contributed by atoms with E-state index in [1.165, 1.54) is 7.11 Å². The first-order valence-electron chi connectivity index (χ1n) is 8.62. The number of amides is 1. The number of carbonyl (C=O) groups is 2. The fraction of sp³-hybridized carbons (Fsp3) is 0.368. The summed E-state index contributed by atoms with van der Waals surface area (Å²) in [5, 5.41) is 11.2. The summed E-state index contributed by atoms with van der Waals surface area (Å²) in [7, 11) is 1.32. The summed E-state index contributed by atoms with van der Waals surface area (Å²) in [5.41, 5.74) is 1.72. The van der Waals surface area contributed by atoms with Crippen molar-refractivity contribution in [3.8, 4) is 0 Å². The van der Waals surface area contributed by atoms with Gasteiger partial charge in [0.05, 0.1) is 24.1 Å². The number of esters is 1. The van der Waals surface area contributed by atoms with Crippen LogP contribution in [0.5, 0.6) is 0 Å². The van der Waals surface area contributed by atoms with E-state index >= 15 is 0 Å². The second-order valence-electron chi connectivity index (χ2n) is 6.32. The molecule has 0 bridgehead atoms. The number of aryl methyl sites for hydroxylation is 1. The molecule has 26 heavy (non-hydrogen) atoms. The Labute approximate surface area is 152 Å². The Morgan fingerprint density at radius 2 is 1.85 bits per heavy atom. The Bertz CT molecular complexity index is 784. The minimum absolute atomic E-state index is 0.0732. The van der Waals surface area contributed by atoms with Crippen LogP contribution in [0.4, 0.5) is 11.5 Å². The maximum absolute atomic E-state index is 12.6. The van der Waals surface area contributed by atoms with Gasteiger partial charge in [0, 0.05) is 19.0 Å². The zero-order valence-corrected chi connectivity index (χ0v) is 14.9. The van der Waals surface area contributed by atoms with Gasteiger partial charge in [0.1, 0.15) is 0 Å². The summed E-state index contributed by atoms with van der Waals surface area (Å²) < 4.78 is 4.77. The van der Waals surface area contributed by atoms with Gasteiger partial charge in [0.2, 0.25) is 5.91 Å². The van der Waals surface area contributed by atoms with E-state index < -0.39 is 5.97 Å². The highest BCUT2D eigenvalue weighted by molar-refractivity contribution is 6.01. The summed E-state index contributed by atoms with van der Waals surface area (Å²) in [6.07, 6.45) is 1.45. The molecular formula is C19H22N4O3. The Kier molecular flexibility index (Phi) is 5.46. The van der Waals surface area contributed by atoms with Crippen molar-refractivity contribution in [3.05, 3.63) is 47.7 Å². The van der Waals surface area contributed by atoms with Gasteiger partial charge >= 0.3 is 5.97 Å². The van der Waals surface area contributed by atoms with Gasteiger partial charge < -0.3 is 15.0 Å². The van der Waals surface area contributed by atoms with Gasteiger partial charge in [-0.25, -0.2) is 4.79 Å². The molecule has 1 N–H and O–H groups in total. The number of aromatic nitrogens is 2. The summed E-state index contributed by atoms with van der Waals surface area (Å²) in [5.74, 6) is 0.200. The SMILES string of the molecule is COC(=O)c1ccccc1NC(=O)C1CCN(c2ccc(C)nn2)CC1. The van der Waals surface area contributed by atoms with E-state index in [2.05, 4.69) is 20.4 Å². The third-order valence-electron chi connectivity index (χ3n) is 4.56. The van der Waals surface area contributed by atoms with E-state index in [1.54, 1.807) is 24.3 Å². The minimum atomic E-state index is -0.464. The van der Waals surface area contributed by atoms with Crippen molar-refractivity contribution in [2.24, 2.45) is 5.92 Å². The highest BCUT2D eigenvalue weighted by Crippen LogP contribution is 2.24. The standard InChI is InChI=1S/C19H22N4O3/c1-13-7-8-17(22-21-13)23-11-9-14(10-12-23)18(24)20-16-6-4-3-5-15(16)19(25)26-2/h3-8,14H,9-12H2,1-2H3,(H,20,24). The van der Waals surface area contributed by atoms with Gasteiger partial charge in [-0.2, -0.15) is 5.10 Å². The number of methoxy groups -OCH3 is 1. The predicted octanol–water partition coefficient (Wildman–Crippen LogP) is 2.43. The molecule has 0 aliphatic carbocycles. The topological polar surface area (TPSA) is 84.4 Å². The van der Waals surface area contributed by atoms with Crippen molar-refractivity contribution in [1.29, 1.82) is 0 Å². The zero-order chi connectivity index (χ0) is 18.5. The largest absolute Gasteiger partial charge is 0.465 e. The number of rotatable bonds is 4. The van der Waals surface area contributed by atoms with E-state index in [0.717, 1.165) is 37.4 Å². The zero-order valence-electron chi connectivity index (χ0n) is 14.9. The summed E-state index contributed by atoms with van der Waals surface area (Å²) >= 11 is 0. The molecule has 7 heteroatoms. The summed E-state index contributed by atoms with van der Waals surface area (Å²) in [4.78, 5) is 26.6. The lowest BCUT2D eigenvalue weighted by molar-refractivity contribution is -0.120. The average Bonchev–Trinajstić information content (AvgIpc) is 2.68. The number of hydrogen-bond acceptors (Lipinski definition) is 6. The molecule has 136 valence electrons. The van der Waals surface area contributed by atoms with Crippen LogP contribution in [-0.2, 0) is 9.53 Å². The first-order valence-corrected chi connectivity index (χ1v) is 8.62. The third kappa shape index (κ3) is 3.99. The van der Waals surface area contributed by atoms with Crippen molar-refractivity contribution < 1.29 is 14.3 Å². The molecule has 1 aliphatic rings. The number of piperidine rings is 1. The molecule has 2 heterocycles. The summed E-state index contributed by atoms with van der Waals surface area (Å²) in [6, 6.07) is 10.8. The predicted molar refractivity (Wildman–Crippen MR) is 98.1 cm³/mol. The second kappa shape index (κ2) is 7.95. The molecule has 0 unspecified atom stereocenters. The van der Waals surface area contributed by atoms with E-state index in [-0.39, 0.29) is 11.8 Å². The van der Waals surface area contributed by atoms with Crippen LogP contribution in [-0.4, -0.2) is 42.3 Å². The van der Waals surface area contributed by atoms with Crippen LogP contribution in [0.15, 0.2) is 36.4 Å². The smallest absolute Gasteiger partial charge is 0.339 e. The lowest BCUT2D eigenvalue weighted by atomic mass is 9.95. The van der Waals surface area contributed by atoms with Crippen LogP contribution >= 0.6 is 0 Å². The van der Waals surface area contributed by atoms with E-state index in [9.17, 15) is 9.59 Å². The lowest BCUT2D eigenvalue weighted by Gasteiger charge is -2.31. The fourth-order valence-corrected chi connectivity index (χ4v) is 3.05. The number of hydrogen-bond donors (Lipinski definition) is 1. The maximum atomic E-state index is 12.6. The van der Waals surface area contributed by atoms with Gasteiger partial charge in [-0.15, -0.1) is 5.10 Å². The highest BCUT2D eigenvalue weighted by atomic mass is 16.5. The highest BCUT2D eigenvalue weighted by Gasteiger charge is 2.26. The van der Waals surface area contributed by atoms with Crippen LogP contribution in [0, 0.1) is 12.8 Å². The number of ether oxygens (including phenoxy) is 1. The van der Waals surface area contributed by atoms with Crippen LogP contribution < -0.4 is 10.2 Å². The van der Waals surface area contributed by atoms with Crippen LogP contribution in [0.1, 0.15) is 28.9 Å². The fourth-order valence-electron chi connectivity index (χ4n) is 3.05. The molecule has 0 radical (unpaired) electrons. The number of benzene rings is 1. The van der Waals surface area contributed by atoms with E-state index in [4.69, 9.17) is 4.74 Å². The van der Waals surface area contributed by atoms with Crippen molar-refractivity contribution in [1.82, 2.24) is 10.2 Å². The van der Waals surface area contributed by atoms with Gasteiger partial charge in [0.15, 0.2) is 5.82 Å². The first-order chi connectivity index (χ1) is 12.6. The van der Waals surface area contributed by atoms with Crippen molar-refractivity contribution in [2.45, 2.75) is 19.8 Å². The van der Waals surface area contributed by atoms with Gasteiger partial charge in [-0.1, -0.05) is 12.1 Å². The van der Waals surface area contributed by atoms with Gasteiger partial charge in [0.25, 0.3) is 0 Å². The van der Waals surface area contributed by atoms with Crippen molar-refractivity contribution in [2.75, 3.05) is 30.4 Å². The number of nitrogens with one attached hydrogen (secondary N) is 1. The number of anilines is 2. The normalized spacial score (nSPS) is 14.8. The molecule has 0 spiro atoms. The Balaban J connectivity index is 1.61. The second-order valence-corrected chi connectivity index (χ2v) is 6.32. The molecule has 0 saturated carbocycles. The summed E-state index contributed by atoms with van der Waals surface area (Å²) in [6.45, 7) is 3.39. The Morgan fingerprint density at radius 1 is 1.12 bits per heavy atom. The molecule has 1 fully saturated rings. The van der Waals surface area contributed by atoms with Gasteiger partial charge in [-0.3, -0.25) is 4.79 Å². The maximum Gasteiger partial charge on any atom is 0.339 e. The average molecular weight is 354 g/mol. The Hall–Kier alpha value is -2.96. The van der Waals surface area contributed by atoms with E-state index in [0.29, 0.717) is 11.3 Å². The first kappa shape index (κ1) is 17.8. The number of para-hydroxylation sites is 1. The number of nitrogens with zero attached hydrogens (tertiary/aromatic N) is 3. The minimum Gasteiger partial charge on any atom is -0.465 e. The number of carbonyl (C=O) groups excluding carboxylic acids is 2. The molecule has 2 aromatic rings. The van der Waals surface area contributed by atoms with Crippen LogP contribution in [0.2, 0.25) is 0 Å². The van der Waals surface area contributed by atoms with Crippen LogP contribution in [0.3, 0.4) is 0 Å². The Morgan fingerprint density at radius 3 is 2.50 bits per heavy atom. The monoisotopic (exact) mass is 354 g/mol. The molecule has 1 saturated heterocycles.